The second kappa shape index (κ2) is 9.06. The summed E-state index contributed by atoms with van der Waals surface area (Å²) in [6.07, 6.45) is 2.88. The first-order valence-electron chi connectivity index (χ1n) is 13.8. The third-order valence-corrected chi connectivity index (χ3v) is 8.71. The van der Waals surface area contributed by atoms with E-state index in [4.69, 9.17) is 9.15 Å². The van der Waals surface area contributed by atoms with Gasteiger partial charge >= 0.3 is 0 Å². The first-order chi connectivity index (χ1) is 18.9. The van der Waals surface area contributed by atoms with Gasteiger partial charge in [-0.05, 0) is 92.7 Å². The van der Waals surface area contributed by atoms with Gasteiger partial charge in [-0.2, -0.15) is 0 Å². The van der Waals surface area contributed by atoms with Gasteiger partial charge in [-0.15, -0.1) is 10.2 Å². The summed E-state index contributed by atoms with van der Waals surface area (Å²) in [5, 5.41) is 11.8. The Hall–Kier alpha value is -3.97. The third kappa shape index (κ3) is 3.87. The molecule has 0 radical (unpaired) electrons. The van der Waals surface area contributed by atoms with Gasteiger partial charge in [-0.1, -0.05) is 30.3 Å². The predicted molar refractivity (Wildman–Crippen MR) is 150 cm³/mol. The molecule has 0 aliphatic carbocycles. The van der Waals surface area contributed by atoms with Crippen LogP contribution in [-0.2, 0) is 11.8 Å². The van der Waals surface area contributed by atoms with E-state index in [0.29, 0.717) is 22.9 Å². The molecule has 3 aliphatic rings. The van der Waals surface area contributed by atoms with E-state index in [0.717, 1.165) is 72.6 Å². The van der Waals surface area contributed by atoms with Crippen LogP contribution in [0.4, 0.5) is 5.69 Å². The van der Waals surface area contributed by atoms with E-state index in [2.05, 4.69) is 53.6 Å². The summed E-state index contributed by atoms with van der Waals surface area (Å²) in [6, 6.07) is 18.6. The van der Waals surface area contributed by atoms with Crippen molar-refractivity contribution in [2.45, 2.75) is 51.5 Å². The minimum absolute atomic E-state index is 0.0207. The number of piperidine rings is 1. The van der Waals surface area contributed by atoms with Crippen LogP contribution in [0, 0.1) is 13.8 Å². The van der Waals surface area contributed by atoms with Crippen molar-refractivity contribution in [1.29, 1.82) is 0 Å². The minimum Gasteiger partial charge on any atom is -0.492 e. The fourth-order valence-electron chi connectivity index (χ4n) is 6.61. The molecule has 1 atom stereocenters. The Kier molecular flexibility index (Phi) is 5.60. The molecule has 3 aliphatic heterocycles. The van der Waals surface area contributed by atoms with E-state index < -0.39 is 0 Å². The normalized spacial score (nSPS) is 19.2. The number of aromatic nitrogens is 2. The zero-order valence-electron chi connectivity index (χ0n) is 22.6. The van der Waals surface area contributed by atoms with Crippen molar-refractivity contribution >= 4 is 11.6 Å². The maximum atomic E-state index is 14.4. The average Bonchev–Trinajstić information content (AvgIpc) is 3.62. The summed E-state index contributed by atoms with van der Waals surface area (Å²) in [6.45, 7) is 8.66. The molecular weight excluding hydrogens is 488 g/mol. The number of ether oxygens (including phenoxy) is 1. The number of hydrogen-bond donors (Lipinski definition) is 1. The zero-order valence-corrected chi connectivity index (χ0v) is 22.6. The van der Waals surface area contributed by atoms with E-state index in [1.807, 2.05) is 35.2 Å². The van der Waals surface area contributed by atoms with E-state index in [1.165, 1.54) is 5.56 Å². The van der Waals surface area contributed by atoms with Gasteiger partial charge in [0.05, 0.1) is 17.7 Å². The lowest BCUT2D eigenvalue weighted by molar-refractivity contribution is 0.0982. The summed E-state index contributed by atoms with van der Waals surface area (Å²) >= 11 is 0. The molecule has 198 valence electrons. The first-order valence-corrected chi connectivity index (χ1v) is 13.8. The summed E-state index contributed by atoms with van der Waals surface area (Å²) in [4.78, 5) is 16.4. The topological polar surface area (TPSA) is 80.5 Å². The summed E-state index contributed by atoms with van der Waals surface area (Å²) in [5.41, 5.74) is 7.91. The molecule has 1 amide bonds. The first kappa shape index (κ1) is 24.1. The highest BCUT2D eigenvalue weighted by atomic mass is 16.5. The number of hydrogen-bond acceptors (Lipinski definition) is 6. The van der Waals surface area contributed by atoms with Gasteiger partial charge in [-0.25, -0.2) is 0 Å². The molecule has 0 bridgehead atoms. The van der Waals surface area contributed by atoms with E-state index in [9.17, 15) is 4.79 Å². The highest BCUT2D eigenvalue weighted by Crippen LogP contribution is 2.49. The van der Waals surface area contributed by atoms with Crippen molar-refractivity contribution in [1.82, 2.24) is 15.5 Å². The number of anilines is 1. The molecule has 1 saturated heterocycles. The van der Waals surface area contributed by atoms with Gasteiger partial charge < -0.3 is 19.4 Å². The van der Waals surface area contributed by atoms with Crippen LogP contribution >= 0.6 is 0 Å². The number of nitrogens with one attached hydrogen (secondary N) is 1. The number of rotatable bonds is 3. The van der Waals surface area contributed by atoms with Gasteiger partial charge in [0.15, 0.2) is 0 Å². The fraction of sp³-hybridized carbons (Fsp3) is 0.344. The molecule has 1 N–H and O–H groups in total. The lowest BCUT2D eigenvalue weighted by Crippen LogP contribution is -2.41. The minimum atomic E-state index is -0.0540. The smallest absolute Gasteiger partial charge is 0.259 e. The summed E-state index contributed by atoms with van der Waals surface area (Å²) < 4.78 is 12.1. The molecule has 4 aromatic rings. The van der Waals surface area contributed by atoms with Gasteiger partial charge in [0, 0.05) is 29.6 Å². The zero-order chi connectivity index (χ0) is 26.7. The fourth-order valence-corrected chi connectivity index (χ4v) is 6.61. The van der Waals surface area contributed by atoms with E-state index in [-0.39, 0.29) is 17.4 Å². The number of fused-ring (bicyclic) bond motifs is 3. The van der Waals surface area contributed by atoms with Crippen molar-refractivity contribution in [3.63, 3.8) is 0 Å². The Morgan fingerprint density at radius 1 is 1.03 bits per heavy atom. The average molecular weight is 521 g/mol. The van der Waals surface area contributed by atoms with Crippen LogP contribution in [0.25, 0.3) is 22.6 Å². The Morgan fingerprint density at radius 2 is 1.85 bits per heavy atom. The predicted octanol–water partition coefficient (Wildman–Crippen LogP) is 5.63. The van der Waals surface area contributed by atoms with Gasteiger partial charge in [-0.3, -0.25) is 4.79 Å². The number of nitrogens with zero attached hydrogens (tertiary/aromatic N) is 3. The van der Waals surface area contributed by atoms with Crippen LogP contribution in [-0.4, -0.2) is 41.8 Å². The van der Waals surface area contributed by atoms with Crippen molar-refractivity contribution < 1.29 is 13.9 Å². The summed E-state index contributed by atoms with van der Waals surface area (Å²) in [5.74, 6) is 1.75. The van der Waals surface area contributed by atoms with Crippen LogP contribution in [0.3, 0.4) is 0 Å². The second-order valence-electron chi connectivity index (χ2n) is 11.2. The maximum absolute atomic E-state index is 14.4. The molecule has 4 heterocycles. The maximum Gasteiger partial charge on any atom is 0.259 e. The van der Waals surface area contributed by atoms with Crippen molar-refractivity contribution in [2.75, 3.05) is 24.6 Å². The van der Waals surface area contributed by atoms with Crippen LogP contribution in [0.1, 0.15) is 52.7 Å². The van der Waals surface area contributed by atoms with Gasteiger partial charge in [0.1, 0.15) is 5.75 Å². The van der Waals surface area contributed by atoms with Crippen LogP contribution in [0.5, 0.6) is 5.75 Å². The molecule has 1 aromatic heterocycles. The Bertz CT molecular complexity index is 1600. The molecule has 1 spiro atoms. The number of amides is 1. The molecule has 0 saturated carbocycles. The standard InChI is InChI=1S/C32H32N4O3/c1-19-6-4-5-7-24(19)22-8-9-25(26(15-22)30-35-34-21(3)39-30)31(37)36-20(2)14-23-16-29-27(17-28(23)36)32(18-38-29)10-12-33-13-11-32/h4-9,15-17,20,33H,10-14,18H2,1-3H3. The molecule has 7 heteroatoms. The monoisotopic (exact) mass is 520 g/mol. The van der Waals surface area contributed by atoms with Crippen molar-refractivity contribution in [3.8, 4) is 28.3 Å². The lowest BCUT2D eigenvalue weighted by Gasteiger charge is -2.33. The molecule has 39 heavy (non-hydrogen) atoms. The largest absolute Gasteiger partial charge is 0.492 e. The Balaban J connectivity index is 1.33. The second-order valence-corrected chi connectivity index (χ2v) is 11.2. The third-order valence-electron chi connectivity index (χ3n) is 8.71. The Labute approximate surface area is 228 Å². The number of carbonyl (C=O) groups is 1. The molecular formula is C32H32N4O3. The van der Waals surface area contributed by atoms with Gasteiger partial charge in [0.2, 0.25) is 11.8 Å². The molecule has 3 aromatic carbocycles. The lowest BCUT2D eigenvalue weighted by atomic mass is 9.74. The SMILES string of the molecule is Cc1nnc(-c2cc(-c3ccccc3C)ccc2C(=O)N2c3cc4c(cc3CC2C)OCC42CCNCC2)o1. The quantitative estimate of drug-likeness (QED) is 0.377. The van der Waals surface area contributed by atoms with Crippen LogP contribution in [0.15, 0.2) is 59.0 Å². The number of benzene rings is 3. The molecule has 1 unspecified atom stereocenters. The van der Waals surface area contributed by atoms with Crippen molar-refractivity contribution in [3.05, 3.63) is 82.7 Å². The van der Waals surface area contributed by atoms with E-state index >= 15 is 0 Å². The Morgan fingerprint density at radius 3 is 2.62 bits per heavy atom. The van der Waals surface area contributed by atoms with Crippen LogP contribution < -0.4 is 15.0 Å². The van der Waals surface area contributed by atoms with Gasteiger partial charge in [0.25, 0.3) is 5.91 Å². The van der Waals surface area contributed by atoms with E-state index in [1.54, 1.807) is 6.92 Å². The molecule has 1 fully saturated rings. The van der Waals surface area contributed by atoms with Crippen LogP contribution in [0.2, 0.25) is 0 Å². The van der Waals surface area contributed by atoms with Crippen molar-refractivity contribution in [2.24, 2.45) is 0 Å². The number of carbonyl (C=O) groups excluding carboxylic acids is 1. The summed E-state index contributed by atoms with van der Waals surface area (Å²) in [7, 11) is 0. The number of aryl methyl sites for hydroxylation is 2. The molecule has 7 rings (SSSR count). The highest BCUT2D eigenvalue weighted by molar-refractivity contribution is 6.11. The molecule has 7 nitrogen and oxygen atoms in total. The highest BCUT2D eigenvalue weighted by Gasteiger charge is 2.44.